The van der Waals surface area contributed by atoms with Gasteiger partial charge in [0.25, 0.3) is 11.1 Å². The Hall–Kier alpha value is -2.45. The second-order valence-electron chi connectivity index (χ2n) is 6.67. The van der Waals surface area contributed by atoms with Crippen molar-refractivity contribution in [1.82, 2.24) is 14.8 Å². The molecular formula is C20H19N3O3S2. The number of rotatable bonds is 4. The Labute approximate surface area is 171 Å². The zero-order valence-corrected chi connectivity index (χ0v) is 16.7. The van der Waals surface area contributed by atoms with Crippen molar-refractivity contribution in [2.45, 2.75) is 25.3 Å². The highest BCUT2D eigenvalue weighted by Gasteiger charge is 2.38. The molecule has 2 saturated heterocycles. The van der Waals surface area contributed by atoms with Crippen molar-refractivity contribution < 1.29 is 14.4 Å². The molecule has 28 heavy (non-hydrogen) atoms. The molecule has 8 heteroatoms. The molecule has 2 aromatic heterocycles. The lowest BCUT2D eigenvalue weighted by Crippen LogP contribution is -2.45. The Morgan fingerprint density at radius 1 is 1.25 bits per heavy atom. The topological polar surface area (TPSA) is 70.6 Å². The molecule has 2 aromatic rings. The molecule has 144 valence electrons. The largest absolute Gasteiger partial charge is 0.334 e. The molecular weight excluding hydrogens is 394 g/mol. The van der Waals surface area contributed by atoms with E-state index in [1.165, 1.54) is 11.3 Å². The molecule has 4 heterocycles. The molecule has 0 N–H and O–H groups in total. The molecule has 4 rings (SSSR count). The molecule has 0 aromatic carbocycles. The molecule has 2 fully saturated rings. The number of thioether (sulfide) groups is 1. The van der Waals surface area contributed by atoms with Crippen molar-refractivity contribution in [1.29, 1.82) is 0 Å². The average molecular weight is 414 g/mol. The molecule has 0 unspecified atom stereocenters. The summed E-state index contributed by atoms with van der Waals surface area (Å²) in [5, 5.41) is 1.52. The maximum absolute atomic E-state index is 13.0. The minimum absolute atomic E-state index is 0.0588. The van der Waals surface area contributed by atoms with Gasteiger partial charge < -0.3 is 4.90 Å². The molecule has 0 saturated carbocycles. The van der Waals surface area contributed by atoms with E-state index < -0.39 is 11.1 Å². The number of piperidine rings is 1. The van der Waals surface area contributed by atoms with Crippen LogP contribution in [0.1, 0.15) is 35.7 Å². The first-order chi connectivity index (χ1) is 13.6. The molecule has 3 amide bonds. The van der Waals surface area contributed by atoms with Gasteiger partial charge in [-0.1, -0.05) is 12.1 Å². The molecule has 0 bridgehead atoms. The minimum Gasteiger partial charge on any atom is -0.334 e. The van der Waals surface area contributed by atoms with E-state index in [0.717, 1.165) is 46.4 Å². The first-order valence-electron chi connectivity index (χ1n) is 9.12. The van der Waals surface area contributed by atoms with Crippen LogP contribution in [0.15, 0.2) is 46.9 Å². The van der Waals surface area contributed by atoms with Gasteiger partial charge in [-0.3, -0.25) is 24.3 Å². The summed E-state index contributed by atoms with van der Waals surface area (Å²) in [6.07, 6.45) is 8.01. The quantitative estimate of drug-likeness (QED) is 0.710. The third kappa shape index (κ3) is 3.88. The molecule has 0 radical (unpaired) electrons. The van der Waals surface area contributed by atoms with Gasteiger partial charge in [-0.2, -0.15) is 0 Å². The van der Waals surface area contributed by atoms with Crippen LogP contribution in [0.5, 0.6) is 0 Å². The van der Waals surface area contributed by atoms with E-state index in [-0.39, 0.29) is 18.5 Å². The number of likely N-dealkylation sites (tertiary alicyclic amines) is 1. The van der Waals surface area contributed by atoms with Crippen molar-refractivity contribution in [3.63, 3.8) is 0 Å². The third-order valence-corrected chi connectivity index (χ3v) is 6.60. The first kappa shape index (κ1) is 18.9. The summed E-state index contributed by atoms with van der Waals surface area (Å²) in [6, 6.07) is 7.54. The fourth-order valence-electron chi connectivity index (χ4n) is 3.51. The highest BCUT2D eigenvalue weighted by Crippen LogP contribution is 2.34. The van der Waals surface area contributed by atoms with Gasteiger partial charge in [0.2, 0.25) is 5.91 Å². The minimum atomic E-state index is -0.397. The maximum atomic E-state index is 13.0. The van der Waals surface area contributed by atoms with E-state index in [0.29, 0.717) is 11.4 Å². The van der Waals surface area contributed by atoms with Crippen LogP contribution in [0.4, 0.5) is 4.79 Å². The van der Waals surface area contributed by atoms with Crippen LogP contribution < -0.4 is 0 Å². The van der Waals surface area contributed by atoms with Gasteiger partial charge in [-0.05, 0) is 60.2 Å². The van der Waals surface area contributed by atoms with Gasteiger partial charge in [0.1, 0.15) is 6.54 Å². The van der Waals surface area contributed by atoms with E-state index in [9.17, 15) is 14.4 Å². The number of hydrogen-bond donors (Lipinski definition) is 0. The van der Waals surface area contributed by atoms with Crippen molar-refractivity contribution >= 4 is 46.2 Å². The first-order valence-corrected chi connectivity index (χ1v) is 10.8. The Balaban J connectivity index is 1.49. The number of amides is 3. The second-order valence-corrected chi connectivity index (χ2v) is 8.64. The highest BCUT2D eigenvalue weighted by molar-refractivity contribution is 8.18. The summed E-state index contributed by atoms with van der Waals surface area (Å²) in [7, 11) is 0. The van der Waals surface area contributed by atoms with Crippen molar-refractivity contribution in [2.75, 3.05) is 13.1 Å². The Morgan fingerprint density at radius 2 is 2.14 bits per heavy atom. The SMILES string of the molecule is O=C1S/C(=C\c2cccs2)C(=O)N1CC(=O)N1CCCC[C@@H]1c1cccnc1. The lowest BCUT2D eigenvalue weighted by molar-refractivity contribution is -0.138. The second kappa shape index (κ2) is 8.28. The predicted octanol–water partition coefficient (Wildman–Crippen LogP) is 3.93. The van der Waals surface area contributed by atoms with E-state index in [1.807, 2.05) is 29.6 Å². The molecule has 2 aliphatic rings. The fraction of sp³-hybridized carbons (Fsp3) is 0.300. The van der Waals surface area contributed by atoms with Gasteiger partial charge in [-0.25, -0.2) is 0 Å². The Bertz CT molecular complexity index is 912. The predicted molar refractivity (Wildman–Crippen MR) is 110 cm³/mol. The Morgan fingerprint density at radius 3 is 2.89 bits per heavy atom. The summed E-state index contributed by atoms with van der Waals surface area (Å²) in [6.45, 7) is 0.406. The summed E-state index contributed by atoms with van der Waals surface area (Å²) in [4.78, 5) is 46.3. The van der Waals surface area contributed by atoms with Crippen LogP contribution in [0.2, 0.25) is 0 Å². The van der Waals surface area contributed by atoms with Crippen molar-refractivity contribution in [3.8, 4) is 0 Å². The van der Waals surface area contributed by atoms with Crippen molar-refractivity contribution in [3.05, 3.63) is 57.4 Å². The maximum Gasteiger partial charge on any atom is 0.294 e. The summed E-state index contributed by atoms with van der Waals surface area (Å²) >= 11 is 2.39. The number of pyridine rings is 1. The zero-order chi connectivity index (χ0) is 19.5. The van der Waals surface area contributed by atoms with Gasteiger partial charge in [-0.15, -0.1) is 11.3 Å². The summed E-state index contributed by atoms with van der Waals surface area (Å²) < 4.78 is 0. The van der Waals surface area contributed by atoms with Crippen LogP contribution in [0, 0.1) is 0 Å². The number of carbonyl (C=O) groups is 3. The Kier molecular flexibility index (Phi) is 5.59. The average Bonchev–Trinajstić information content (AvgIpc) is 3.33. The number of imide groups is 1. The van der Waals surface area contributed by atoms with E-state index in [1.54, 1.807) is 23.4 Å². The third-order valence-electron chi connectivity index (χ3n) is 4.88. The number of thiophene rings is 1. The van der Waals surface area contributed by atoms with Gasteiger partial charge in [0.15, 0.2) is 0 Å². The van der Waals surface area contributed by atoms with Crippen LogP contribution in [-0.4, -0.2) is 44.9 Å². The molecule has 6 nitrogen and oxygen atoms in total. The van der Waals surface area contributed by atoms with Crippen LogP contribution in [0.3, 0.4) is 0 Å². The number of carbonyl (C=O) groups excluding carboxylic acids is 3. The van der Waals surface area contributed by atoms with Gasteiger partial charge >= 0.3 is 0 Å². The van der Waals surface area contributed by atoms with Crippen LogP contribution in [0.25, 0.3) is 6.08 Å². The lowest BCUT2D eigenvalue weighted by atomic mass is 9.96. The van der Waals surface area contributed by atoms with E-state index >= 15 is 0 Å². The number of nitrogens with zero attached hydrogens (tertiary/aromatic N) is 3. The van der Waals surface area contributed by atoms with Gasteiger partial charge in [0, 0.05) is 23.8 Å². The van der Waals surface area contributed by atoms with Crippen LogP contribution in [-0.2, 0) is 9.59 Å². The van der Waals surface area contributed by atoms with E-state index in [4.69, 9.17) is 0 Å². The normalized spacial score (nSPS) is 21.6. The lowest BCUT2D eigenvalue weighted by Gasteiger charge is -2.36. The molecule has 1 atom stereocenters. The molecule has 0 aliphatic carbocycles. The monoisotopic (exact) mass is 413 g/mol. The van der Waals surface area contributed by atoms with Crippen LogP contribution >= 0.6 is 23.1 Å². The van der Waals surface area contributed by atoms with Gasteiger partial charge in [0.05, 0.1) is 10.9 Å². The number of aromatic nitrogens is 1. The standard InChI is InChI=1S/C20H19N3O3S2/c24-18(22-9-2-1-7-16(22)14-5-3-8-21-12-14)13-23-19(25)17(28-20(23)26)11-15-6-4-10-27-15/h3-6,8,10-12,16H,1-2,7,9,13H2/b17-11-/t16-/m1/s1. The molecule has 2 aliphatic heterocycles. The summed E-state index contributed by atoms with van der Waals surface area (Å²) in [5.74, 6) is -0.597. The van der Waals surface area contributed by atoms with Crippen molar-refractivity contribution in [2.24, 2.45) is 0 Å². The smallest absolute Gasteiger partial charge is 0.294 e. The zero-order valence-electron chi connectivity index (χ0n) is 15.1. The fourth-order valence-corrected chi connectivity index (χ4v) is 5.08. The molecule has 0 spiro atoms. The number of hydrogen-bond acceptors (Lipinski definition) is 6. The summed E-state index contributed by atoms with van der Waals surface area (Å²) in [5.41, 5.74) is 0.988. The van der Waals surface area contributed by atoms with E-state index in [2.05, 4.69) is 4.98 Å². The highest BCUT2D eigenvalue weighted by atomic mass is 32.2.